The first-order valence-electron chi connectivity index (χ1n) is 13.4. The van der Waals surface area contributed by atoms with Gasteiger partial charge < -0.3 is 18.9 Å². The van der Waals surface area contributed by atoms with Crippen LogP contribution in [0.25, 0.3) is 0 Å². The minimum absolute atomic E-state index is 0.309. The summed E-state index contributed by atoms with van der Waals surface area (Å²) in [5, 5.41) is 0. The highest BCUT2D eigenvalue weighted by molar-refractivity contribution is 5.51. The molecule has 0 radical (unpaired) electrons. The molecule has 2 unspecified atom stereocenters. The number of hydrogen-bond acceptors (Lipinski definition) is 6. The molecule has 38 heavy (non-hydrogen) atoms. The van der Waals surface area contributed by atoms with Crippen LogP contribution in [0.2, 0.25) is 0 Å². The zero-order valence-electron chi connectivity index (χ0n) is 23.5. The molecule has 5 rings (SSSR count). The van der Waals surface area contributed by atoms with Gasteiger partial charge in [-0.05, 0) is 97.4 Å². The number of nitrogens with zero attached hydrogens (tertiary/aromatic N) is 2. The molecule has 0 spiro atoms. The second-order valence-corrected chi connectivity index (χ2v) is 10.5. The average Bonchev–Trinajstić information content (AvgIpc) is 2.95. The summed E-state index contributed by atoms with van der Waals surface area (Å²) in [4.78, 5) is 4.91. The van der Waals surface area contributed by atoms with Crippen LogP contribution in [0.1, 0.15) is 45.5 Å². The summed E-state index contributed by atoms with van der Waals surface area (Å²) >= 11 is 0. The van der Waals surface area contributed by atoms with Crippen LogP contribution < -0.4 is 18.9 Å². The van der Waals surface area contributed by atoms with Gasteiger partial charge in [-0.15, -0.1) is 0 Å². The molecule has 3 aromatic carbocycles. The van der Waals surface area contributed by atoms with Crippen LogP contribution in [-0.2, 0) is 25.7 Å². The Kier molecular flexibility index (Phi) is 7.82. The van der Waals surface area contributed by atoms with E-state index < -0.39 is 0 Å². The van der Waals surface area contributed by atoms with Crippen LogP contribution in [0, 0.1) is 0 Å². The van der Waals surface area contributed by atoms with Crippen molar-refractivity contribution in [3.63, 3.8) is 0 Å². The van der Waals surface area contributed by atoms with Gasteiger partial charge >= 0.3 is 0 Å². The summed E-state index contributed by atoms with van der Waals surface area (Å²) in [5.74, 6) is 3.22. The summed E-state index contributed by atoms with van der Waals surface area (Å²) in [6.45, 7) is 2.07. The van der Waals surface area contributed by atoms with Crippen molar-refractivity contribution in [3.8, 4) is 23.0 Å². The highest BCUT2D eigenvalue weighted by Crippen LogP contribution is 2.40. The van der Waals surface area contributed by atoms with Gasteiger partial charge in [0, 0.05) is 25.2 Å². The first-order valence-corrected chi connectivity index (χ1v) is 13.4. The van der Waals surface area contributed by atoms with Crippen molar-refractivity contribution in [2.75, 3.05) is 55.6 Å². The van der Waals surface area contributed by atoms with E-state index >= 15 is 0 Å². The van der Waals surface area contributed by atoms with Crippen LogP contribution >= 0.6 is 0 Å². The molecule has 2 aliphatic heterocycles. The number of likely N-dealkylation sites (N-methyl/N-ethyl adjacent to an activating group) is 2. The lowest BCUT2D eigenvalue weighted by molar-refractivity contribution is 0.227. The molecule has 0 fully saturated rings. The molecule has 2 atom stereocenters. The maximum Gasteiger partial charge on any atom is 0.161 e. The maximum absolute atomic E-state index is 5.62. The van der Waals surface area contributed by atoms with Gasteiger partial charge in [-0.2, -0.15) is 0 Å². The van der Waals surface area contributed by atoms with Crippen molar-refractivity contribution in [2.24, 2.45) is 0 Å². The van der Waals surface area contributed by atoms with Crippen LogP contribution in [0.3, 0.4) is 0 Å². The third-order valence-corrected chi connectivity index (χ3v) is 8.42. The molecular formula is C32H40N2O4. The van der Waals surface area contributed by atoms with Crippen LogP contribution in [0.5, 0.6) is 23.0 Å². The number of ether oxygens (including phenoxy) is 4. The molecule has 0 amide bonds. The lowest BCUT2D eigenvalue weighted by Gasteiger charge is -2.36. The summed E-state index contributed by atoms with van der Waals surface area (Å²) in [5.41, 5.74) is 8.08. The summed E-state index contributed by atoms with van der Waals surface area (Å²) in [6, 6.07) is 18.5. The van der Waals surface area contributed by atoms with Crippen LogP contribution in [0.15, 0.2) is 48.5 Å². The number of benzene rings is 3. The summed E-state index contributed by atoms with van der Waals surface area (Å²) in [6.07, 6.45) is 3.97. The van der Waals surface area contributed by atoms with Crippen molar-refractivity contribution in [1.82, 2.24) is 9.80 Å². The fourth-order valence-electron chi connectivity index (χ4n) is 6.10. The van der Waals surface area contributed by atoms with E-state index in [4.69, 9.17) is 18.9 Å². The Morgan fingerprint density at radius 3 is 1.26 bits per heavy atom. The number of fused-ring (bicyclic) bond motifs is 2. The molecule has 6 nitrogen and oxygen atoms in total. The second kappa shape index (κ2) is 11.3. The summed E-state index contributed by atoms with van der Waals surface area (Å²) in [7, 11) is 11.3. The third kappa shape index (κ3) is 5.07. The minimum Gasteiger partial charge on any atom is -0.493 e. The third-order valence-electron chi connectivity index (χ3n) is 8.42. The van der Waals surface area contributed by atoms with Gasteiger partial charge in [0.2, 0.25) is 0 Å². The van der Waals surface area contributed by atoms with Gasteiger partial charge in [-0.25, -0.2) is 0 Å². The minimum atomic E-state index is 0.309. The molecule has 0 bridgehead atoms. The normalized spacial score (nSPS) is 19.4. The van der Waals surface area contributed by atoms with Gasteiger partial charge in [0.15, 0.2) is 23.0 Å². The number of rotatable bonds is 8. The van der Waals surface area contributed by atoms with Gasteiger partial charge in [0.05, 0.1) is 28.4 Å². The van der Waals surface area contributed by atoms with Crippen molar-refractivity contribution in [1.29, 1.82) is 0 Å². The zero-order valence-corrected chi connectivity index (χ0v) is 23.5. The van der Waals surface area contributed by atoms with Crippen molar-refractivity contribution in [2.45, 2.75) is 37.8 Å². The SMILES string of the molecule is COc1cc2c(cc1OC)C(Cc1ccc(CC3c4cc(OC)c(OC)cc4CCN3C)cc1)N(C)CC2. The van der Waals surface area contributed by atoms with Crippen LogP contribution in [-0.4, -0.2) is 65.4 Å². The number of methoxy groups -OCH3 is 4. The zero-order chi connectivity index (χ0) is 26.8. The Morgan fingerprint density at radius 2 is 0.921 bits per heavy atom. The lowest BCUT2D eigenvalue weighted by Crippen LogP contribution is -2.33. The van der Waals surface area contributed by atoms with Gasteiger partial charge in [0.1, 0.15) is 0 Å². The maximum atomic E-state index is 5.62. The number of hydrogen-bond donors (Lipinski definition) is 0. The molecular weight excluding hydrogens is 476 g/mol. The molecule has 0 saturated heterocycles. The molecule has 2 heterocycles. The second-order valence-electron chi connectivity index (χ2n) is 10.5. The van der Waals surface area contributed by atoms with E-state index in [1.165, 1.54) is 33.4 Å². The quantitative estimate of drug-likeness (QED) is 0.407. The molecule has 0 saturated carbocycles. The van der Waals surface area contributed by atoms with E-state index in [2.05, 4.69) is 72.4 Å². The largest absolute Gasteiger partial charge is 0.493 e. The Morgan fingerprint density at radius 1 is 0.579 bits per heavy atom. The first kappa shape index (κ1) is 26.4. The average molecular weight is 517 g/mol. The van der Waals surface area contributed by atoms with E-state index in [1.807, 2.05) is 0 Å². The standard InChI is InChI=1S/C32H40N2O4/c1-33-13-11-23-17-29(35-3)31(37-5)19-25(23)27(33)15-21-7-9-22(10-8-21)16-28-26-20-32(38-6)30(36-4)18-24(26)12-14-34(28)2/h7-10,17-20,27-28H,11-16H2,1-6H3. The van der Waals surface area contributed by atoms with E-state index in [0.29, 0.717) is 12.1 Å². The predicted octanol–water partition coefficient (Wildman–Crippen LogP) is 5.26. The molecule has 0 aromatic heterocycles. The van der Waals surface area contributed by atoms with Gasteiger partial charge in [-0.1, -0.05) is 24.3 Å². The molecule has 6 heteroatoms. The van der Waals surface area contributed by atoms with Crippen molar-refractivity contribution >= 4 is 0 Å². The van der Waals surface area contributed by atoms with E-state index in [1.54, 1.807) is 28.4 Å². The van der Waals surface area contributed by atoms with Crippen molar-refractivity contribution in [3.05, 3.63) is 81.9 Å². The Bertz CT molecular complexity index is 1170. The van der Waals surface area contributed by atoms with Crippen molar-refractivity contribution < 1.29 is 18.9 Å². The van der Waals surface area contributed by atoms with E-state index in [9.17, 15) is 0 Å². The first-order chi connectivity index (χ1) is 18.4. The Balaban J connectivity index is 1.36. The monoisotopic (exact) mass is 516 g/mol. The highest BCUT2D eigenvalue weighted by Gasteiger charge is 2.29. The lowest BCUT2D eigenvalue weighted by atomic mass is 9.87. The molecule has 3 aromatic rings. The van der Waals surface area contributed by atoms with Crippen LogP contribution in [0.4, 0.5) is 0 Å². The molecule has 202 valence electrons. The van der Waals surface area contributed by atoms with Gasteiger partial charge in [0.25, 0.3) is 0 Å². The molecule has 2 aliphatic rings. The summed E-state index contributed by atoms with van der Waals surface area (Å²) < 4.78 is 22.4. The Labute approximate surface area is 227 Å². The fraction of sp³-hybridized carbons (Fsp3) is 0.438. The smallest absolute Gasteiger partial charge is 0.161 e. The predicted molar refractivity (Wildman–Crippen MR) is 151 cm³/mol. The fourth-order valence-corrected chi connectivity index (χ4v) is 6.10. The topological polar surface area (TPSA) is 43.4 Å². The molecule has 0 N–H and O–H groups in total. The highest BCUT2D eigenvalue weighted by atomic mass is 16.5. The van der Waals surface area contributed by atoms with Gasteiger partial charge in [-0.3, -0.25) is 9.80 Å². The van der Waals surface area contributed by atoms with E-state index in [0.717, 1.165) is 61.8 Å². The molecule has 0 aliphatic carbocycles. The Hall–Kier alpha value is -3.22. The van der Waals surface area contributed by atoms with E-state index in [-0.39, 0.29) is 0 Å².